The Morgan fingerprint density at radius 2 is 1.74 bits per heavy atom. The van der Waals surface area contributed by atoms with Gasteiger partial charge in [-0.25, -0.2) is 0 Å². The first-order valence-corrected chi connectivity index (χ1v) is 9.17. The Morgan fingerprint density at radius 3 is 2.37 bits per heavy atom. The molecule has 0 aliphatic rings. The molecule has 27 heavy (non-hydrogen) atoms. The molecule has 2 N–H and O–H groups in total. The summed E-state index contributed by atoms with van der Waals surface area (Å²) in [5.41, 5.74) is 1.75. The smallest absolute Gasteiger partial charge is 0.251 e. The lowest BCUT2D eigenvalue weighted by atomic mass is 9.87. The molecular weight excluding hydrogens is 364 g/mol. The van der Waals surface area contributed by atoms with E-state index in [1.165, 1.54) is 5.56 Å². The van der Waals surface area contributed by atoms with Crippen molar-refractivity contribution in [2.24, 2.45) is 0 Å². The summed E-state index contributed by atoms with van der Waals surface area (Å²) >= 11 is 5.84. The maximum absolute atomic E-state index is 11.9. The van der Waals surface area contributed by atoms with E-state index in [0.29, 0.717) is 23.7 Å². The fourth-order valence-corrected chi connectivity index (χ4v) is 2.56. The van der Waals surface area contributed by atoms with Crippen LogP contribution in [0.5, 0.6) is 5.75 Å². The van der Waals surface area contributed by atoms with Crippen molar-refractivity contribution in [1.29, 1.82) is 0 Å². The lowest BCUT2D eigenvalue weighted by Gasteiger charge is -2.19. The van der Waals surface area contributed by atoms with Crippen molar-refractivity contribution in [3.63, 3.8) is 0 Å². The summed E-state index contributed by atoms with van der Waals surface area (Å²) in [6.45, 7) is 7.07. The maximum Gasteiger partial charge on any atom is 0.251 e. The highest BCUT2D eigenvalue weighted by molar-refractivity contribution is 6.30. The Hall–Kier alpha value is -2.53. The molecule has 0 heterocycles. The minimum atomic E-state index is -0.345. The molecule has 0 radical (unpaired) electrons. The van der Waals surface area contributed by atoms with E-state index in [2.05, 4.69) is 31.4 Å². The predicted octanol–water partition coefficient (Wildman–Crippen LogP) is 3.56. The number of ether oxygens (including phenoxy) is 1. The molecule has 6 heteroatoms. The molecule has 0 aromatic heterocycles. The van der Waals surface area contributed by atoms with Gasteiger partial charge in [0.25, 0.3) is 5.91 Å². The van der Waals surface area contributed by atoms with Crippen LogP contribution in [0.2, 0.25) is 5.02 Å². The van der Waals surface area contributed by atoms with Crippen LogP contribution in [0, 0.1) is 0 Å². The lowest BCUT2D eigenvalue weighted by molar-refractivity contribution is -0.120. The minimum Gasteiger partial charge on any atom is -0.492 e. The molecule has 5 nitrogen and oxygen atoms in total. The Kier molecular flexibility index (Phi) is 7.25. The zero-order valence-electron chi connectivity index (χ0n) is 15.8. The Balaban J connectivity index is 1.67. The van der Waals surface area contributed by atoms with Crippen molar-refractivity contribution in [3.05, 3.63) is 64.7 Å². The number of hydrogen-bond donors (Lipinski definition) is 2. The first-order chi connectivity index (χ1) is 12.8. The van der Waals surface area contributed by atoms with Gasteiger partial charge in [0.1, 0.15) is 12.4 Å². The summed E-state index contributed by atoms with van der Waals surface area (Å²) in [6.07, 6.45) is 0. The molecule has 2 aromatic carbocycles. The fourth-order valence-electron chi connectivity index (χ4n) is 2.37. The van der Waals surface area contributed by atoms with Gasteiger partial charge in [-0.1, -0.05) is 50.6 Å². The Morgan fingerprint density at radius 1 is 1.04 bits per heavy atom. The molecule has 0 aliphatic carbocycles. The third kappa shape index (κ3) is 6.94. The van der Waals surface area contributed by atoms with E-state index >= 15 is 0 Å². The van der Waals surface area contributed by atoms with E-state index < -0.39 is 0 Å². The Labute approximate surface area is 165 Å². The molecule has 2 aromatic rings. The fraction of sp³-hybridized carbons (Fsp3) is 0.333. The molecular formula is C21H25ClN2O3. The summed E-state index contributed by atoms with van der Waals surface area (Å²) in [7, 11) is 0. The van der Waals surface area contributed by atoms with E-state index in [-0.39, 0.29) is 23.8 Å². The van der Waals surface area contributed by atoms with Gasteiger partial charge in [0.05, 0.1) is 13.1 Å². The minimum absolute atomic E-state index is 0.0992. The van der Waals surface area contributed by atoms with Gasteiger partial charge in [-0.15, -0.1) is 0 Å². The molecule has 0 bridgehead atoms. The molecule has 0 saturated carbocycles. The summed E-state index contributed by atoms with van der Waals surface area (Å²) < 4.78 is 5.62. The topological polar surface area (TPSA) is 67.4 Å². The van der Waals surface area contributed by atoms with Crippen LogP contribution in [0.1, 0.15) is 36.7 Å². The van der Waals surface area contributed by atoms with E-state index in [0.717, 1.165) is 5.75 Å². The second-order valence-corrected chi connectivity index (χ2v) is 7.60. The number of nitrogens with one attached hydrogen (secondary N) is 2. The number of carbonyl (C=O) groups excluding carboxylic acids is 2. The molecule has 0 spiro atoms. The van der Waals surface area contributed by atoms with Gasteiger partial charge >= 0.3 is 0 Å². The number of benzene rings is 2. The molecule has 144 valence electrons. The standard InChI is InChI=1S/C21H25ClN2O3/c1-21(2,3)16-7-9-18(10-8-16)27-12-11-23-19(25)14-24-20(26)15-5-4-6-17(22)13-15/h4-10,13H,11-12,14H2,1-3H3,(H,23,25)(H,24,26). The number of amides is 2. The van der Waals surface area contributed by atoms with Crippen LogP contribution in [0.15, 0.2) is 48.5 Å². The number of hydrogen-bond acceptors (Lipinski definition) is 3. The lowest BCUT2D eigenvalue weighted by Crippen LogP contribution is -2.38. The molecule has 0 saturated heterocycles. The van der Waals surface area contributed by atoms with Gasteiger partial charge in [0.15, 0.2) is 0 Å². The Bertz CT molecular complexity index is 783. The van der Waals surface area contributed by atoms with Crippen LogP contribution in [0.4, 0.5) is 0 Å². The first-order valence-electron chi connectivity index (χ1n) is 8.79. The molecule has 0 fully saturated rings. The van der Waals surface area contributed by atoms with E-state index in [1.807, 2.05) is 24.3 Å². The van der Waals surface area contributed by atoms with Crippen molar-refractivity contribution >= 4 is 23.4 Å². The van der Waals surface area contributed by atoms with Crippen molar-refractivity contribution in [2.45, 2.75) is 26.2 Å². The largest absolute Gasteiger partial charge is 0.492 e. The van der Waals surface area contributed by atoms with Gasteiger partial charge < -0.3 is 15.4 Å². The maximum atomic E-state index is 11.9. The molecule has 0 aliphatic heterocycles. The molecule has 2 rings (SSSR count). The molecule has 0 unspecified atom stereocenters. The van der Waals surface area contributed by atoms with Crippen LogP contribution in [-0.4, -0.2) is 31.5 Å². The van der Waals surface area contributed by atoms with Crippen LogP contribution >= 0.6 is 11.6 Å². The van der Waals surface area contributed by atoms with E-state index in [1.54, 1.807) is 24.3 Å². The van der Waals surface area contributed by atoms with Crippen LogP contribution in [-0.2, 0) is 10.2 Å². The predicted molar refractivity (Wildman–Crippen MR) is 107 cm³/mol. The van der Waals surface area contributed by atoms with Gasteiger partial charge in [-0.05, 0) is 41.3 Å². The van der Waals surface area contributed by atoms with Crippen molar-refractivity contribution < 1.29 is 14.3 Å². The van der Waals surface area contributed by atoms with Crippen LogP contribution in [0.3, 0.4) is 0 Å². The quantitative estimate of drug-likeness (QED) is 0.712. The molecule has 0 atom stereocenters. The summed E-state index contributed by atoms with van der Waals surface area (Å²) in [5, 5.41) is 5.73. The third-order valence-corrected chi connectivity index (χ3v) is 4.14. The van der Waals surface area contributed by atoms with Gasteiger partial charge in [-0.3, -0.25) is 9.59 Å². The number of halogens is 1. The highest BCUT2D eigenvalue weighted by atomic mass is 35.5. The second-order valence-electron chi connectivity index (χ2n) is 7.17. The van der Waals surface area contributed by atoms with E-state index in [4.69, 9.17) is 16.3 Å². The van der Waals surface area contributed by atoms with Gasteiger partial charge in [0.2, 0.25) is 5.91 Å². The average Bonchev–Trinajstić information content (AvgIpc) is 2.63. The highest BCUT2D eigenvalue weighted by Crippen LogP contribution is 2.24. The number of rotatable bonds is 7. The van der Waals surface area contributed by atoms with Crippen molar-refractivity contribution in [3.8, 4) is 5.75 Å². The monoisotopic (exact) mass is 388 g/mol. The second kappa shape index (κ2) is 9.42. The normalized spacial score (nSPS) is 11.0. The SMILES string of the molecule is CC(C)(C)c1ccc(OCCNC(=O)CNC(=O)c2cccc(Cl)c2)cc1. The van der Waals surface area contributed by atoms with Crippen molar-refractivity contribution in [1.82, 2.24) is 10.6 Å². The number of carbonyl (C=O) groups is 2. The van der Waals surface area contributed by atoms with E-state index in [9.17, 15) is 9.59 Å². The summed E-state index contributed by atoms with van der Waals surface area (Å²) in [5.74, 6) is 0.131. The van der Waals surface area contributed by atoms with Crippen molar-refractivity contribution in [2.75, 3.05) is 19.7 Å². The third-order valence-electron chi connectivity index (χ3n) is 3.91. The first kappa shape index (κ1) is 20.8. The van der Waals surface area contributed by atoms with Crippen LogP contribution < -0.4 is 15.4 Å². The van der Waals surface area contributed by atoms with Gasteiger partial charge in [-0.2, -0.15) is 0 Å². The molecule has 2 amide bonds. The van der Waals surface area contributed by atoms with Gasteiger partial charge in [0, 0.05) is 10.6 Å². The summed E-state index contributed by atoms with van der Waals surface area (Å²) in [6, 6.07) is 14.5. The zero-order chi connectivity index (χ0) is 19.9. The average molecular weight is 389 g/mol. The highest BCUT2D eigenvalue weighted by Gasteiger charge is 2.13. The summed E-state index contributed by atoms with van der Waals surface area (Å²) in [4.78, 5) is 23.7. The van der Waals surface area contributed by atoms with Crippen LogP contribution in [0.25, 0.3) is 0 Å². The zero-order valence-corrected chi connectivity index (χ0v) is 16.6.